The van der Waals surface area contributed by atoms with Gasteiger partial charge in [-0.3, -0.25) is 4.79 Å². The van der Waals surface area contributed by atoms with E-state index >= 15 is 0 Å². The summed E-state index contributed by atoms with van der Waals surface area (Å²) in [5.74, 6) is -1.00. The van der Waals surface area contributed by atoms with E-state index in [1.54, 1.807) is 38.3 Å². The van der Waals surface area contributed by atoms with Crippen LogP contribution in [0.1, 0.15) is 6.92 Å². The molecule has 0 bridgehead atoms. The van der Waals surface area contributed by atoms with Gasteiger partial charge in [0.05, 0.1) is 13.7 Å². The minimum atomic E-state index is -0.890. The van der Waals surface area contributed by atoms with E-state index in [1.165, 1.54) is 0 Å². The van der Waals surface area contributed by atoms with Crippen molar-refractivity contribution < 1.29 is 19.1 Å². The molecule has 1 N–H and O–H groups in total. The third-order valence-corrected chi connectivity index (χ3v) is 1.81. The molecule has 0 unspecified atom stereocenters. The zero-order valence-corrected chi connectivity index (χ0v) is 9.15. The number of methoxy groups -OCH3 is 1. The second-order valence-electron chi connectivity index (χ2n) is 2.90. The van der Waals surface area contributed by atoms with Crippen LogP contribution >= 0.6 is 0 Å². The highest BCUT2D eigenvalue weighted by atomic mass is 16.5. The highest BCUT2D eigenvalue weighted by molar-refractivity contribution is 6.37. The molecule has 0 radical (unpaired) electrons. The van der Waals surface area contributed by atoms with Gasteiger partial charge in [0.2, 0.25) is 0 Å². The fourth-order valence-electron chi connectivity index (χ4n) is 1.05. The number of amides is 1. The molecule has 1 aromatic carbocycles. The van der Waals surface area contributed by atoms with Gasteiger partial charge in [-0.15, -0.1) is 0 Å². The highest BCUT2D eigenvalue weighted by Gasteiger charge is 2.14. The quantitative estimate of drug-likeness (QED) is 0.617. The largest absolute Gasteiger partial charge is 0.497 e. The van der Waals surface area contributed by atoms with Gasteiger partial charge in [-0.2, -0.15) is 0 Å². The number of ether oxygens (including phenoxy) is 2. The summed E-state index contributed by atoms with van der Waals surface area (Å²) < 4.78 is 9.50. The number of nitrogens with one attached hydrogen (secondary N) is 1. The van der Waals surface area contributed by atoms with Crippen LogP contribution in [-0.4, -0.2) is 25.6 Å². The maximum Gasteiger partial charge on any atom is 0.397 e. The lowest BCUT2D eigenvalue weighted by atomic mass is 10.3. The predicted octanol–water partition coefficient (Wildman–Crippen LogP) is 1.20. The minimum Gasteiger partial charge on any atom is -0.497 e. The molecular formula is C11H13NO4. The van der Waals surface area contributed by atoms with Crippen molar-refractivity contribution in [3.8, 4) is 5.75 Å². The first-order chi connectivity index (χ1) is 7.67. The topological polar surface area (TPSA) is 64.6 Å². The van der Waals surface area contributed by atoms with Gasteiger partial charge in [0.25, 0.3) is 0 Å². The Bertz CT molecular complexity index is 372. The SMILES string of the molecule is CCOC(=O)C(=O)Nc1ccc(OC)cc1. The Hall–Kier alpha value is -2.04. The smallest absolute Gasteiger partial charge is 0.397 e. The van der Waals surface area contributed by atoms with Crippen molar-refractivity contribution in [3.05, 3.63) is 24.3 Å². The summed E-state index contributed by atoms with van der Waals surface area (Å²) in [5.41, 5.74) is 0.513. The molecule has 0 aliphatic rings. The predicted molar refractivity (Wildman–Crippen MR) is 58.3 cm³/mol. The minimum absolute atomic E-state index is 0.175. The van der Waals surface area contributed by atoms with E-state index in [4.69, 9.17) is 4.74 Å². The number of benzene rings is 1. The van der Waals surface area contributed by atoms with Crippen LogP contribution < -0.4 is 10.1 Å². The van der Waals surface area contributed by atoms with Crippen LogP contribution in [0.15, 0.2) is 24.3 Å². The van der Waals surface area contributed by atoms with E-state index in [9.17, 15) is 9.59 Å². The second kappa shape index (κ2) is 5.75. The first-order valence-electron chi connectivity index (χ1n) is 4.79. The molecule has 0 fully saturated rings. The van der Waals surface area contributed by atoms with Gasteiger partial charge in [-0.05, 0) is 31.2 Å². The van der Waals surface area contributed by atoms with Crippen molar-refractivity contribution >= 4 is 17.6 Å². The maximum atomic E-state index is 11.2. The van der Waals surface area contributed by atoms with Gasteiger partial charge >= 0.3 is 11.9 Å². The Balaban J connectivity index is 2.59. The summed E-state index contributed by atoms with van der Waals surface area (Å²) in [6.45, 7) is 1.81. The van der Waals surface area contributed by atoms with Crippen molar-refractivity contribution in [1.29, 1.82) is 0 Å². The standard InChI is InChI=1S/C11H13NO4/c1-3-16-11(14)10(13)12-8-4-6-9(15-2)7-5-8/h4-7H,3H2,1-2H3,(H,12,13). The summed E-state index contributed by atoms with van der Waals surface area (Å²) in [6.07, 6.45) is 0. The van der Waals surface area contributed by atoms with Crippen LogP contribution in [0.3, 0.4) is 0 Å². The second-order valence-corrected chi connectivity index (χ2v) is 2.90. The van der Waals surface area contributed by atoms with Crippen molar-refractivity contribution in [2.24, 2.45) is 0 Å². The van der Waals surface area contributed by atoms with Gasteiger partial charge in [-0.25, -0.2) is 4.79 Å². The number of hydrogen-bond acceptors (Lipinski definition) is 4. The number of esters is 1. The van der Waals surface area contributed by atoms with Gasteiger partial charge < -0.3 is 14.8 Å². The van der Waals surface area contributed by atoms with E-state index in [0.29, 0.717) is 11.4 Å². The molecule has 1 aromatic rings. The van der Waals surface area contributed by atoms with Crippen LogP contribution in [-0.2, 0) is 14.3 Å². The fourth-order valence-corrected chi connectivity index (χ4v) is 1.05. The molecule has 5 nitrogen and oxygen atoms in total. The third kappa shape index (κ3) is 3.27. The van der Waals surface area contributed by atoms with Gasteiger partial charge in [0.1, 0.15) is 5.75 Å². The van der Waals surface area contributed by atoms with E-state index < -0.39 is 11.9 Å². The van der Waals surface area contributed by atoms with Gasteiger partial charge in [-0.1, -0.05) is 0 Å². The zero-order chi connectivity index (χ0) is 12.0. The van der Waals surface area contributed by atoms with Crippen molar-refractivity contribution in [2.75, 3.05) is 19.0 Å². The van der Waals surface area contributed by atoms with E-state index in [1.807, 2.05) is 0 Å². The van der Waals surface area contributed by atoms with Crippen LogP contribution in [0, 0.1) is 0 Å². The van der Waals surface area contributed by atoms with Crippen LogP contribution in [0.25, 0.3) is 0 Å². The lowest BCUT2D eigenvalue weighted by Crippen LogP contribution is -2.24. The average molecular weight is 223 g/mol. The lowest BCUT2D eigenvalue weighted by Gasteiger charge is -2.05. The molecule has 0 saturated carbocycles. The molecule has 1 amide bonds. The summed E-state index contributed by atoms with van der Waals surface area (Å²) in [6, 6.07) is 6.63. The summed E-state index contributed by atoms with van der Waals surface area (Å²) in [5, 5.41) is 2.41. The summed E-state index contributed by atoms with van der Waals surface area (Å²) in [4.78, 5) is 22.3. The third-order valence-electron chi connectivity index (χ3n) is 1.81. The summed E-state index contributed by atoms with van der Waals surface area (Å²) in [7, 11) is 1.55. The molecule has 0 spiro atoms. The molecule has 0 heterocycles. The van der Waals surface area contributed by atoms with Crippen molar-refractivity contribution in [1.82, 2.24) is 0 Å². The fraction of sp³-hybridized carbons (Fsp3) is 0.273. The first-order valence-corrected chi connectivity index (χ1v) is 4.79. The van der Waals surface area contributed by atoms with Crippen molar-refractivity contribution in [2.45, 2.75) is 6.92 Å². The molecule has 0 aromatic heterocycles. The van der Waals surface area contributed by atoms with Crippen molar-refractivity contribution in [3.63, 3.8) is 0 Å². The van der Waals surface area contributed by atoms with E-state index in [2.05, 4.69) is 10.1 Å². The van der Waals surface area contributed by atoms with Crippen LogP contribution in [0.4, 0.5) is 5.69 Å². The molecule has 0 aliphatic carbocycles. The number of rotatable bonds is 3. The average Bonchev–Trinajstić information content (AvgIpc) is 2.30. The van der Waals surface area contributed by atoms with Crippen LogP contribution in [0.5, 0.6) is 5.75 Å². The highest BCUT2D eigenvalue weighted by Crippen LogP contribution is 2.14. The lowest BCUT2D eigenvalue weighted by molar-refractivity contribution is -0.152. The Kier molecular flexibility index (Phi) is 4.32. The number of anilines is 1. The monoisotopic (exact) mass is 223 g/mol. The molecular weight excluding hydrogens is 210 g/mol. The Labute approximate surface area is 93.4 Å². The molecule has 0 aliphatic heterocycles. The van der Waals surface area contributed by atoms with E-state index in [0.717, 1.165) is 0 Å². The Morgan fingerprint density at radius 2 is 1.88 bits per heavy atom. The maximum absolute atomic E-state index is 11.2. The normalized spacial score (nSPS) is 9.38. The number of carbonyl (C=O) groups excluding carboxylic acids is 2. The first kappa shape index (κ1) is 12.0. The molecule has 0 saturated heterocycles. The molecule has 86 valence electrons. The Morgan fingerprint density at radius 3 is 2.38 bits per heavy atom. The van der Waals surface area contributed by atoms with Gasteiger partial charge in [0.15, 0.2) is 0 Å². The number of carbonyl (C=O) groups is 2. The molecule has 1 rings (SSSR count). The Morgan fingerprint density at radius 1 is 1.25 bits per heavy atom. The summed E-state index contributed by atoms with van der Waals surface area (Å²) >= 11 is 0. The zero-order valence-electron chi connectivity index (χ0n) is 9.15. The molecule has 16 heavy (non-hydrogen) atoms. The number of hydrogen-bond donors (Lipinski definition) is 1. The van der Waals surface area contributed by atoms with E-state index in [-0.39, 0.29) is 6.61 Å². The molecule has 5 heteroatoms. The van der Waals surface area contributed by atoms with Crippen LogP contribution in [0.2, 0.25) is 0 Å². The molecule has 0 atom stereocenters. The van der Waals surface area contributed by atoms with Gasteiger partial charge in [0, 0.05) is 5.69 Å².